The lowest BCUT2D eigenvalue weighted by atomic mass is 10.1. The van der Waals surface area contributed by atoms with E-state index in [9.17, 15) is 0 Å². The highest BCUT2D eigenvalue weighted by atomic mass is 14.7. The zero-order chi connectivity index (χ0) is 12.8. The number of hydrogen-bond donors (Lipinski definition) is 0. The molecule has 1 aromatic carbocycles. The van der Waals surface area contributed by atoms with Crippen molar-refractivity contribution in [3.63, 3.8) is 0 Å². The van der Waals surface area contributed by atoms with Crippen LogP contribution < -0.4 is 0 Å². The van der Waals surface area contributed by atoms with Crippen LogP contribution >= 0.6 is 0 Å². The Morgan fingerprint density at radius 3 is 2.56 bits per heavy atom. The molecule has 18 heavy (non-hydrogen) atoms. The van der Waals surface area contributed by atoms with Gasteiger partial charge in [-0.05, 0) is 24.1 Å². The van der Waals surface area contributed by atoms with Crippen molar-refractivity contribution in [2.45, 2.75) is 6.92 Å². The normalized spacial score (nSPS) is 19.2. The quantitative estimate of drug-likeness (QED) is 0.697. The highest BCUT2D eigenvalue weighted by Gasteiger charge is 1.99. The summed E-state index contributed by atoms with van der Waals surface area (Å²) in [5.41, 5.74) is 4.37. The Bertz CT molecular complexity index is 539. The van der Waals surface area contributed by atoms with Crippen LogP contribution in [0.3, 0.4) is 0 Å². The van der Waals surface area contributed by atoms with Crippen LogP contribution in [0.4, 0.5) is 0 Å². The summed E-state index contributed by atoms with van der Waals surface area (Å²) >= 11 is 0. The van der Waals surface area contributed by atoms with Crippen LogP contribution in [0.5, 0.6) is 0 Å². The summed E-state index contributed by atoms with van der Waals surface area (Å²) in [7, 11) is 0. The molecular formula is C17H17N. The standard InChI is InChI=1S/C17H17N/c1-14-6-4-3-5-13-18-17(12-9-14)16-10-7-15(2)8-11-16/h3-12H,1,13H2,2H3/b5-3-,6-4-,12-9?,18-17?. The van der Waals surface area contributed by atoms with E-state index in [2.05, 4.69) is 42.8 Å². The van der Waals surface area contributed by atoms with Gasteiger partial charge in [0.25, 0.3) is 0 Å². The molecule has 0 N–H and O–H groups in total. The van der Waals surface area contributed by atoms with Crippen LogP contribution in [0, 0.1) is 6.92 Å². The average molecular weight is 235 g/mol. The minimum absolute atomic E-state index is 0.699. The molecule has 90 valence electrons. The smallest absolute Gasteiger partial charge is 0.0650 e. The largest absolute Gasteiger partial charge is 0.281 e. The fraction of sp³-hybridized carbons (Fsp3) is 0.118. The summed E-state index contributed by atoms with van der Waals surface area (Å²) in [4.78, 5) is 4.59. The summed E-state index contributed by atoms with van der Waals surface area (Å²) in [5.74, 6) is 0. The first-order valence-electron chi connectivity index (χ1n) is 6.07. The van der Waals surface area contributed by atoms with E-state index in [-0.39, 0.29) is 0 Å². The van der Waals surface area contributed by atoms with Gasteiger partial charge < -0.3 is 0 Å². The predicted octanol–water partition coefficient (Wildman–Crippen LogP) is 4.02. The van der Waals surface area contributed by atoms with Gasteiger partial charge in [0.05, 0.1) is 12.3 Å². The molecule has 1 aromatic rings. The van der Waals surface area contributed by atoms with E-state index >= 15 is 0 Å². The van der Waals surface area contributed by atoms with E-state index in [1.54, 1.807) is 0 Å². The summed E-state index contributed by atoms with van der Waals surface area (Å²) < 4.78 is 0. The highest BCUT2D eigenvalue weighted by Crippen LogP contribution is 2.08. The van der Waals surface area contributed by atoms with E-state index in [4.69, 9.17) is 0 Å². The summed E-state index contributed by atoms with van der Waals surface area (Å²) in [6.45, 7) is 6.75. The van der Waals surface area contributed by atoms with Crippen molar-refractivity contribution in [2.24, 2.45) is 4.99 Å². The molecule has 0 aromatic heterocycles. The van der Waals surface area contributed by atoms with Crippen LogP contribution in [-0.2, 0) is 0 Å². The monoisotopic (exact) mass is 235 g/mol. The van der Waals surface area contributed by atoms with Gasteiger partial charge in [-0.2, -0.15) is 0 Å². The van der Waals surface area contributed by atoms with Gasteiger partial charge in [0.1, 0.15) is 0 Å². The third-order valence-corrected chi connectivity index (χ3v) is 2.73. The van der Waals surface area contributed by atoms with Crippen LogP contribution in [0.25, 0.3) is 0 Å². The first-order valence-corrected chi connectivity index (χ1v) is 6.07. The minimum atomic E-state index is 0.699. The van der Waals surface area contributed by atoms with Crippen LogP contribution in [-0.4, -0.2) is 12.3 Å². The zero-order valence-electron chi connectivity index (χ0n) is 10.6. The number of aliphatic imine (C=N–C) groups is 1. The second kappa shape index (κ2) is 5.97. The molecule has 1 nitrogen and oxygen atoms in total. The van der Waals surface area contributed by atoms with E-state index in [1.807, 2.05) is 36.5 Å². The van der Waals surface area contributed by atoms with Crippen molar-refractivity contribution >= 4 is 5.71 Å². The fourth-order valence-electron chi connectivity index (χ4n) is 1.68. The topological polar surface area (TPSA) is 12.4 Å². The maximum atomic E-state index is 4.59. The van der Waals surface area contributed by atoms with Gasteiger partial charge in [-0.1, -0.05) is 66.8 Å². The Labute approximate surface area is 109 Å². The highest BCUT2D eigenvalue weighted by molar-refractivity contribution is 6.09. The molecule has 2 rings (SSSR count). The molecule has 0 fully saturated rings. The molecule has 1 aliphatic rings. The second-order valence-corrected chi connectivity index (χ2v) is 4.29. The van der Waals surface area contributed by atoms with Gasteiger partial charge in [-0.25, -0.2) is 0 Å². The van der Waals surface area contributed by atoms with Gasteiger partial charge in [0.15, 0.2) is 0 Å². The molecule has 0 spiro atoms. The van der Waals surface area contributed by atoms with Crippen LogP contribution in [0.1, 0.15) is 11.1 Å². The van der Waals surface area contributed by atoms with E-state index in [0.29, 0.717) is 6.54 Å². The third kappa shape index (κ3) is 3.42. The number of rotatable bonds is 1. The molecule has 0 amide bonds. The van der Waals surface area contributed by atoms with Gasteiger partial charge in [0.2, 0.25) is 0 Å². The molecule has 0 radical (unpaired) electrons. The van der Waals surface area contributed by atoms with Crippen molar-refractivity contribution in [2.75, 3.05) is 6.54 Å². The van der Waals surface area contributed by atoms with Crippen molar-refractivity contribution in [3.8, 4) is 0 Å². The SMILES string of the molecule is C=C1C=CC(c2ccc(C)cc2)=NC/C=C\C=C/1. The lowest BCUT2D eigenvalue weighted by molar-refractivity contribution is 1.24. The first kappa shape index (κ1) is 12.3. The van der Waals surface area contributed by atoms with Crippen molar-refractivity contribution in [1.29, 1.82) is 0 Å². The molecular weight excluding hydrogens is 218 g/mol. The molecule has 0 atom stereocenters. The Morgan fingerprint density at radius 1 is 1.00 bits per heavy atom. The Hall–Kier alpha value is -2.15. The van der Waals surface area contributed by atoms with E-state index in [1.165, 1.54) is 5.56 Å². The predicted molar refractivity (Wildman–Crippen MR) is 79.1 cm³/mol. The fourth-order valence-corrected chi connectivity index (χ4v) is 1.68. The Balaban J connectivity index is 2.32. The maximum Gasteiger partial charge on any atom is 0.0650 e. The van der Waals surface area contributed by atoms with E-state index < -0.39 is 0 Å². The molecule has 0 saturated carbocycles. The number of allylic oxidation sites excluding steroid dienone is 6. The van der Waals surface area contributed by atoms with Crippen molar-refractivity contribution < 1.29 is 0 Å². The third-order valence-electron chi connectivity index (χ3n) is 2.73. The molecule has 0 aliphatic carbocycles. The first-order chi connectivity index (χ1) is 8.75. The number of aryl methyl sites for hydroxylation is 1. The lowest BCUT2D eigenvalue weighted by Crippen LogP contribution is -1.98. The molecule has 1 heteroatoms. The van der Waals surface area contributed by atoms with Crippen LogP contribution in [0.2, 0.25) is 0 Å². The van der Waals surface area contributed by atoms with Gasteiger partial charge >= 0.3 is 0 Å². The minimum Gasteiger partial charge on any atom is -0.281 e. The summed E-state index contributed by atoms with van der Waals surface area (Å²) in [6.07, 6.45) is 12.0. The van der Waals surface area contributed by atoms with Crippen molar-refractivity contribution in [3.05, 3.63) is 84.0 Å². The Morgan fingerprint density at radius 2 is 1.78 bits per heavy atom. The molecule has 0 saturated heterocycles. The number of hydrogen-bond acceptors (Lipinski definition) is 1. The second-order valence-electron chi connectivity index (χ2n) is 4.29. The zero-order valence-corrected chi connectivity index (χ0v) is 10.6. The van der Waals surface area contributed by atoms with E-state index in [0.717, 1.165) is 16.8 Å². The molecule has 1 aliphatic heterocycles. The summed E-state index contributed by atoms with van der Waals surface area (Å²) in [5, 5.41) is 0. The number of nitrogens with zero attached hydrogens (tertiary/aromatic N) is 1. The number of benzene rings is 1. The van der Waals surface area contributed by atoms with Crippen LogP contribution in [0.15, 0.2) is 77.9 Å². The van der Waals surface area contributed by atoms with Crippen molar-refractivity contribution in [1.82, 2.24) is 0 Å². The molecule has 0 unspecified atom stereocenters. The lowest BCUT2D eigenvalue weighted by Gasteiger charge is -2.03. The van der Waals surface area contributed by atoms with Gasteiger partial charge in [0, 0.05) is 0 Å². The maximum absolute atomic E-state index is 4.59. The molecule has 1 heterocycles. The van der Waals surface area contributed by atoms with Gasteiger partial charge in [-0.3, -0.25) is 4.99 Å². The average Bonchev–Trinajstić information content (AvgIpc) is 2.38. The van der Waals surface area contributed by atoms with Gasteiger partial charge in [-0.15, -0.1) is 0 Å². The molecule has 0 bridgehead atoms. The Kier molecular flexibility index (Phi) is 4.08. The summed E-state index contributed by atoms with van der Waals surface area (Å²) in [6, 6.07) is 8.42.